The average Bonchev–Trinajstić information content (AvgIpc) is 2.56. The van der Waals surface area contributed by atoms with Gasteiger partial charge in [0, 0.05) is 50.9 Å². The predicted molar refractivity (Wildman–Crippen MR) is 88.4 cm³/mol. The molecule has 1 saturated heterocycles. The second kappa shape index (κ2) is 7.05. The number of carbonyl (C=O) groups is 1. The van der Waals surface area contributed by atoms with E-state index >= 15 is 0 Å². The lowest BCUT2D eigenvalue weighted by molar-refractivity contribution is 0.0949. The minimum atomic E-state index is -0.101. The third-order valence-electron chi connectivity index (χ3n) is 3.88. The number of hydrogen-bond donors (Lipinski definition) is 2. The number of amides is 1. The van der Waals surface area contributed by atoms with Crippen molar-refractivity contribution < 1.29 is 4.79 Å². The Labute approximate surface area is 134 Å². The van der Waals surface area contributed by atoms with E-state index in [2.05, 4.69) is 20.5 Å². The lowest BCUT2D eigenvalue weighted by Gasteiger charge is -2.27. The number of nitrogens with zero attached hydrogens (tertiary/aromatic N) is 2. The molecule has 116 valence electrons. The van der Waals surface area contributed by atoms with Crippen LogP contribution >= 0.6 is 11.6 Å². The maximum absolute atomic E-state index is 12.4. The summed E-state index contributed by atoms with van der Waals surface area (Å²) in [6, 6.07) is 7.18. The number of hydrogen-bond acceptors (Lipinski definition) is 4. The molecule has 2 N–H and O–H groups in total. The Morgan fingerprint density at radius 3 is 2.95 bits per heavy atom. The van der Waals surface area contributed by atoms with E-state index in [1.54, 1.807) is 18.3 Å². The van der Waals surface area contributed by atoms with Crippen molar-refractivity contribution in [1.29, 1.82) is 0 Å². The van der Waals surface area contributed by atoms with Gasteiger partial charge in [-0.1, -0.05) is 11.6 Å². The molecule has 0 saturated carbocycles. The molecule has 5 nitrogen and oxygen atoms in total. The van der Waals surface area contributed by atoms with Crippen molar-refractivity contribution in [2.45, 2.75) is 0 Å². The number of benzene rings is 1. The van der Waals surface area contributed by atoms with Crippen LogP contribution in [0.25, 0.3) is 10.9 Å². The van der Waals surface area contributed by atoms with Crippen LogP contribution in [0.15, 0.2) is 30.5 Å². The van der Waals surface area contributed by atoms with Crippen LogP contribution in [0.2, 0.25) is 5.02 Å². The summed E-state index contributed by atoms with van der Waals surface area (Å²) in [6.45, 7) is 5.59. The fraction of sp³-hybridized carbons (Fsp3) is 0.375. The van der Waals surface area contributed by atoms with Gasteiger partial charge in [-0.2, -0.15) is 0 Å². The maximum Gasteiger partial charge on any atom is 0.253 e. The molecule has 6 heteroatoms. The number of aromatic nitrogens is 1. The van der Waals surface area contributed by atoms with Gasteiger partial charge < -0.3 is 10.6 Å². The van der Waals surface area contributed by atoms with Gasteiger partial charge in [0.1, 0.15) is 0 Å². The van der Waals surface area contributed by atoms with Crippen LogP contribution in [0.5, 0.6) is 0 Å². The van der Waals surface area contributed by atoms with Gasteiger partial charge in [0.05, 0.1) is 16.1 Å². The molecule has 0 bridgehead atoms. The number of rotatable bonds is 4. The zero-order valence-electron chi connectivity index (χ0n) is 12.3. The van der Waals surface area contributed by atoms with Crippen molar-refractivity contribution >= 4 is 28.4 Å². The normalized spacial score (nSPS) is 15.9. The summed E-state index contributed by atoms with van der Waals surface area (Å²) in [4.78, 5) is 19.0. The van der Waals surface area contributed by atoms with E-state index in [-0.39, 0.29) is 5.91 Å². The molecule has 1 aromatic carbocycles. The zero-order valence-corrected chi connectivity index (χ0v) is 13.1. The van der Waals surface area contributed by atoms with Crippen molar-refractivity contribution in [3.8, 4) is 0 Å². The SMILES string of the molecule is O=C(NCCN1CCNCC1)c1ccc(Cl)c2cccnc12. The smallest absolute Gasteiger partial charge is 0.253 e. The van der Waals surface area contributed by atoms with Gasteiger partial charge in [-0.3, -0.25) is 14.7 Å². The molecule has 2 heterocycles. The highest BCUT2D eigenvalue weighted by Gasteiger charge is 2.14. The van der Waals surface area contributed by atoms with Gasteiger partial charge >= 0.3 is 0 Å². The van der Waals surface area contributed by atoms with Gasteiger partial charge in [0.2, 0.25) is 0 Å². The van der Waals surface area contributed by atoms with Crippen molar-refractivity contribution in [2.75, 3.05) is 39.3 Å². The van der Waals surface area contributed by atoms with Crippen molar-refractivity contribution in [3.63, 3.8) is 0 Å². The highest BCUT2D eigenvalue weighted by Crippen LogP contribution is 2.24. The number of carbonyl (C=O) groups excluding carboxylic acids is 1. The Balaban J connectivity index is 1.66. The summed E-state index contributed by atoms with van der Waals surface area (Å²) in [5.41, 5.74) is 1.22. The van der Waals surface area contributed by atoms with Gasteiger partial charge in [-0.05, 0) is 24.3 Å². The molecule has 1 aliphatic rings. The van der Waals surface area contributed by atoms with Gasteiger partial charge in [0.25, 0.3) is 5.91 Å². The van der Waals surface area contributed by atoms with E-state index in [1.807, 2.05) is 12.1 Å². The molecule has 22 heavy (non-hydrogen) atoms. The standard InChI is InChI=1S/C16H19ClN4O/c17-14-4-3-13(15-12(14)2-1-5-19-15)16(22)20-8-11-21-9-6-18-7-10-21/h1-5,18H,6-11H2,(H,20,22). The molecule has 1 fully saturated rings. The third kappa shape index (κ3) is 3.38. The highest BCUT2D eigenvalue weighted by atomic mass is 35.5. The van der Waals surface area contributed by atoms with E-state index in [1.165, 1.54) is 0 Å². The molecular formula is C16H19ClN4O. The first kappa shape index (κ1) is 15.2. The number of piperazine rings is 1. The first-order chi connectivity index (χ1) is 10.8. The van der Waals surface area contributed by atoms with E-state index in [4.69, 9.17) is 11.6 Å². The third-order valence-corrected chi connectivity index (χ3v) is 4.21. The Kier molecular flexibility index (Phi) is 4.87. The topological polar surface area (TPSA) is 57.3 Å². The molecule has 1 amide bonds. The van der Waals surface area contributed by atoms with Crippen LogP contribution in [0.3, 0.4) is 0 Å². The van der Waals surface area contributed by atoms with Gasteiger partial charge in [-0.25, -0.2) is 0 Å². The molecule has 0 spiro atoms. The Morgan fingerprint density at radius 2 is 2.14 bits per heavy atom. The van der Waals surface area contributed by atoms with Crippen molar-refractivity contribution in [2.24, 2.45) is 0 Å². The molecule has 3 rings (SSSR count). The van der Waals surface area contributed by atoms with Gasteiger partial charge in [-0.15, -0.1) is 0 Å². The Hall–Kier alpha value is -1.69. The van der Waals surface area contributed by atoms with E-state index < -0.39 is 0 Å². The summed E-state index contributed by atoms with van der Waals surface area (Å²) >= 11 is 6.16. The summed E-state index contributed by atoms with van der Waals surface area (Å²) in [5.74, 6) is -0.101. The predicted octanol–water partition coefficient (Wildman–Crippen LogP) is 1.52. The van der Waals surface area contributed by atoms with Crippen molar-refractivity contribution in [3.05, 3.63) is 41.0 Å². The fourth-order valence-corrected chi connectivity index (χ4v) is 2.89. The second-order valence-corrected chi connectivity index (χ2v) is 5.75. The van der Waals surface area contributed by atoms with E-state index in [0.29, 0.717) is 22.6 Å². The number of fused-ring (bicyclic) bond motifs is 1. The van der Waals surface area contributed by atoms with Crippen LogP contribution in [-0.2, 0) is 0 Å². The number of halogens is 1. The molecule has 0 atom stereocenters. The molecule has 2 aromatic rings. The Morgan fingerprint density at radius 1 is 1.32 bits per heavy atom. The van der Waals surface area contributed by atoms with Gasteiger partial charge in [0.15, 0.2) is 0 Å². The van der Waals surface area contributed by atoms with E-state index in [9.17, 15) is 4.79 Å². The molecule has 0 radical (unpaired) electrons. The first-order valence-corrected chi connectivity index (χ1v) is 7.88. The molecule has 1 aliphatic heterocycles. The summed E-state index contributed by atoms with van der Waals surface area (Å²) in [6.07, 6.45) is 1.68. The summed E-state index contributed by atoms with van der Waals surface area (Å²) in [5, 5.41) is 7.71. The maximum atomic E-state index is 12.4. The zero-order chi connectivity index (χ0) is 15.4. The van der Waals surface area contributed by atoms with Crippen LogP contribution in [0.4, 0.5) is 0 Å². The number of nitrogens with one attached hydrogen (secondary N) is 2. The van der Waals surface area contributed by atoms with Crippen LogP contribution in [-0.4, -0.2) is 55.1 Å². The lowest BCUT2D eigenvalue weighted by atomic mass is 10.1. The quantitative estimate of drug-likeness (QED) is 0.897. The average molecular weight is 319 g/mol. The number of pyridine rings is 1. The summed E-state index contributed by atoms with van der Waals surface area (Å²) < 4.78 is 0. The fourth-order valence-electron chi connectivity index (χ4n) is 2.68. The second-order valence-electron chi connectivity index (χ2n) is 5.34. The van der Waals surface area contributed by atoms with Crippen LogP contribution in [0, 0.1) is 0 Å². The minimum Gasteiger partial charge on any atom is -0.351 e. The molecule has 0 aliphatic carbocycles. The molecule has 0 unspecified atom stereocenters. The molecular weight excluding hydrogens is 300 g/mol. The molecule has 1 aromatic heterocycles. The van der Waals surface area contributed by atoms with Crippen LogP contribution < -0.4 is 10.6 Å². The minimum absolute atomic E-state index is 0.101. The van der Waals surface area contributed by atoms with Crippen molar-refractivity contribution in [1.82, 2.24) is 20.5 Å². The largest absolute Gasteiger partial charge is 0.351 e. The highest BCUT2D eigenvalue weighted by molar-refractivity contribution is 6.36. The monoisotopic (exact) mass is 318 g/mol. The summed E-state index contributed by atoms with van der Waals surface area (Å²) in [7, 11) is 0. The lowest BCUT2D eigenvalue weighted by Crippen LogP contribution is -2.46. The first-order valence-electron chi connectivity index (χ1n) is 7.50. The van der Waals surface area contributed by atoms with E-state index in [0.717, 1.165) is 38.1 Å². The van der Waals surface area contributed by atoms with Crippen LogP contribution in [0.1, 0.15) is 10.4 Å². The Bertz CT molecular complexity index is 670.